The smallest absolute Gasteiger partial charge is 0.228 e. The summed E-state index contributed by atoms with van der Waals surface area (Å²) >= 11 is 1.55. The molecule has 0 spiro atoms. The zero-order valence-electron chi connectivity index (χ0n) is 19.8. The summed E-state index contributed by atoms with van der Waals surface area (Å²) in [6, 6.07) is 21.1. The van der Waals surface area contributed by atoms with Crippen LogP contribution in [-0.4, -0.2) is 35.5 Å². The van der Waals surface area contributed by atoms with E-state index in [1.165, 1.54) is 0 Å². The third-order valence-corrected chi connectivity index (χ3v) is 6.50. The van der Waals surface area contributed by atoms with Crippen LogP contribution in [-0.2, 0) is 11.2 Å². The topological polar surface area (TPSA) is 113 Å². The number of benzene rings is 2. The van der Waals surface area contributed by atoms with Gasteiger partial charge in [0.1, 0.15) is 11.5 Å². The molecule has 0 saturated heterocycles. The monoisotopic (exact) mass is 506 g/mol. The van der Waals surface area contributed by atoms with Crippen LogP contribution in [0.3, 0.4) is 0 Å². The summed E-state index contributed by atoms with van der Waals surface area (Å²) < 4.78 is 2.02. The lowest BCUT2D eigenvalue weighted by Gasteiger charge is -2.09. The summed E-state index contributed by atoms with van der Waals surface area (Å²) in [5, 5.41) is 15.2. The summed E-state index contributed by atoms with van der Waals surface area (Å²) in [5.74, 6) is 1.08. The molecule has 10 heteroatoms. The third kappa shape index (κ3) is 4.82. The van der Waals surface area contributed by atoms with Gasteiger partial charge in [-0.15, -0.1) is 11.3 Å². The van der Waals surface area contributed by atoms with Crippen LogP contribution in [0, 0.1) is 6.92 Å². The number of aryl methyl sites for hydroxylation is 1. The third-order valence-electron chi connectivity index (χ3n) is 5.74. The number of carbonyl (C=O) groups is 1. The van der Waals surface area contributed by atoms with E-state index in [0.29, 0.717) is 29.6 Å². The number of nitrogens with one attached hydrogen (secondary N) is 3. The number of anilines is 3. The molecule has 0 bridgehead atoms. The van der Waals surface area contributed by atoms with Crippen LogP contribution in [0.15, 0.2) is 84.5 Å². The average molecular weight is 507 g/mol. The van der Waals surface area contributed by atoms with E-state index in [2.05, 4.69) is 25.8 Å². The Morgan fingerprint density at radius 2 is 1.95 bits per heavy atom. The van der Waals surface area contributed by atoms with Gasteiger partial charge in [0.05, 0.1) is 23.5 Å². The summed E-state index contributed by atoms with van der Waals surface area (Å²) in [4.78, 5) is 27.5. The maximum absolute atomic E-state index is 12.6. The van der Waals surface area contributed by atoms with E-state index in [1.807, 2.05) is 89.6 Å². The second kappa shape index (κ2) is 9.67. The maximum atomic E-state index is 12.6. The van der Waals surface area contributed by atoms with Gasteiger partial charge in [-0.25, -0.2) is 15.0 Å². The maximum Gasteiger partial charge on any atom is 0.228 e. The molecular formula is C27H22N8OS. The van der Waals surface area contributed by atoms with Gasteiger partial charge in [-0.2, -0.15) is 5.10 Å². The molecule has 0 radical (unpaired) electrons. The van der Waals surface area contributed by atoms with E-state index < -0.39 is 0 Å². The number of thiazole rings is 1. The van der Waals surface area contributed by atoms with Crippen molar-refractivity contribution < 1.29 is 4.79 Å². The Hall–Kier alpha value is -4.83. The first-order valence-corrected chi connectivity index (χ1v) is 12.5. The number of amides is 1. The quantitative estimate of drug-likeness (QED) is 0.264. The minimum atomic E-state index is -0.0741. The average Bonchev–Trinajstić information content (AvgIpc) is 3.61. The van der Waals surface area contributed by atoms with Crippen molar-refractivity contribution in [2.24, 2.45) is 0 Å². The molecule has 37 heavy (non-hydrogen) atoms. The number of aromatic amines is 1. The van der Waals surface area contributed by atoms with E-state index in [4.69, 9.17) is 9.97 Å². The van der Waals surface area contributed by atoms with E-state index in [-0.39, 0.29) is 5.91 Å². The van der Waals surface area contributed by atoms with Gasteiger partial charge >= 0.3 is 0 Å². The van der Waals surface area contributed by atoms with E-state index in [1.54, 1.807) is 17.5 Å². The van der Waals surface area contributed by atoms with Gasteiger partial charge in [0.15, 0.2) is 4.96 Å². The molecule has 1 amide bonds. The van der Waals surface area contributed by atoms with Gasteiger partial charge in [-0.3, -0.25) is 14.3 Å². The van der Waals surface area contributed by atoms with Crippen molar-refractivity contribution in [3.63, 3.8) is 0 Å². The predicted molar refractivity (Wildman–Crippen MR) is 145 cm³/mol. The summed E-state index contributed by atoms with van der Waals surface area (Å²) in [6.45, 7) is 1.91. The first kappa shape index (κ1) is 22.6. The number of hydrogen-bond acceptors (Lipinski definition) is 7. The van der Waals surface area contributed by atoms with Gasteiger partial charge in [0, 0.05) is 35.1 Å². The van der Waals surface area contributed by atoms with Crippen LogP contribution in [0.5, 0.6) is 0 Å². The molecular weight excluding hydrogens is 484 g/mol. The van der Waals surface area contributed by atoms with Crippen molar-refractivity contribution in [1.82, 2.24) is 29.5 Å². The largest absolute Gasteiger partial charge is 0.326 e. The van der Waals surface area contributed by atoms with E-state index in [9.17, 15) is 4.79 Å². The van der Waals surface area contributed by atoms with Gasteiger partial charge < -0.3 is 10.6 Å². The fourth-order valence-electron chi connectivity index (χ4n) is 4.12. The van der Waals surface area contributed by atoms with Crippen molar-refractivity contribution in [3.8, 4) is 22.6 Å². The van der Waals surface area contributed by atoms with Crippen LogP contribution in [0.4, 0.5) is 17.5 Å². The van der Waals surface area contributed by atoms with E-state index in [0.717, 1.165) is 33.2 Å². The van der Waals surface area contributed by atoms with Gasteiger partial charge in [0.25, 0.3) is 0 Å². The van der Waals surface area contributed by atoms with Crippen molar-refractivity contribution in [3.05, 3.63) is 95.8 Å². The lowest BCUT2D eigenvalue weighted by atomic mass is 10.1. The fraction of sp³-hybridized carbons (Fsp3) is 0.0741. The number of rotatable bonds is 7. The Bertz CT molecular complexity index is 1700. The standard InChI is InChI=1S/C27H22N8OS/c1-17-14-22(34-33-17)31-26-28-11-10-21(30-26)25-24(32-27-35(25)12-13-37-27)19-8-5-9-20(16-19)29-23(36)15-18-6-3-2-4-7-18/h2-14,16H,15H2,1H3,(H,29,36)(H2,28,30,31,33,34). The molecule has 0 aliphatic heterocycles. The zero-order valence-corrected chi connectivity index (χ0v) is 20.7. The number of imidazole rings is 1. The summed E-state index contributed by atoms with van der Waals surface area (Å²) in [7, 11) is 0. The van der Waals surface area contributed by atoms with Gasteiger partial charge in [-0.05, 0) is 30.7 Å². The number of aromatic nitrogens is 6. The molecule has 6 rings (SSSR count). The number of hydrogen-bond donors (Lipinski definition) is 3. The molecule has 6 aromatic rings. The summed E-state index contributed by atoms with van der Waals surface area (Å²) in [6.07, 6.45) is 4.00. The van der Waals surface area contributed by atoms with Crippen LogP contribution in [0.1, 0.15) is 11.3 Å². The summed E-state index contributed by atoms with van der Waals surface area (Å²) in [5.41, 5.74) is 5.75. The Kier molecular flexibility index (Phi) is 5.91. The van der Waals surface area contributed by atoms with Crippen LogP contribution >= 0.6 is 11.3 Å². The Morgan fingerprint density at radius 3 is 2.78 bits per heavy atom. The first-order chi connectivity index (χ1) is 18.1. The predicted octanol–water partition coefficient (Wildman–Crippen LogP) is 5.48. The first-order valence-electron chi connectivity index (χ1n) is 11.6. The van der Waals surface area contributed by atoms with Crippen molar-refractivity contribution in [1.29, 1.82) is 0 Å². The zero-order chi connectivity index (χ0) is 25.2. The molecule has 4 aromatic heterocycles. The molecule has 0 saturated carbocycles. The number of carbonyl (C=O) groups excluding carboxylic acids is 1. The SMILES string of the molecule is Cc1cc(Nc2nccc(-c3c(-c4cccc(NC(=O)Cc5ccccc5)c4)nc4sccn34)n2)[nH]n1. The molecule has 0 fully saturated rings. The van der Waals surface area contributed by atoms with Crippen molar-refractivity contribution >= 4 is 39.7 Å². The van der Waals surface area contributed by atoms with Crippen molar-refractivity contribution in [2.75, 3.05) is 10.6 Å². The highest BCUT2D eigenvalue weighted by Crippen LogP contribution is 2.34. The van der Waals surface area contributed by atoms with Gasteiger partial charge in [0.2, 0.25) is 11.9 Å². The molecule has 0 aliphatic carbocycles. The molecule has 3 N–H and O–H groups in total. The lowest BCUT2D eigenvalue weighted by molar-refractivity contribution is -0.115. The van der Waals surface area contributed by atoms with Crippen LogP contribution < -0.4 is 10.6 Å². The van der Waals surface area contributed by atoms with Crippen LogP contribution in [0.25, 0.3) is 27.6 Å². The fourth-order valence-corrected chi connectivity index (χ4v) is 4.83. The van der Waals surface area contributed by atoms with E-state index >= 15 is 0 Å². The second-order valence-electron chi connectivity index (χ2n) is 8.47. The highest BCUT2D eigenvalue weighted by Gasteiger charge is 2.19. The Balaban J connectivity index is 1.33. The second-order valence-corrected chi connectivity index (χ2v) is 9.34. The minimum Gasteiger partial charge on any atom is -0.326 e. The molecule has 2 aromatic carbocycles. The molecule has 0 atom stereocenters. The number of nitrogens with zero attached hydrogens (tertiary/aromatic N) is 5. The minimum absolute atomic E-state index is 0.0741. The molecule has 4 heterocycles. The highest BCUT2D eigenvalue weighted by atomic mass is 32.1. The van der Waals surface area contributed by atoms with Gasteiger partial charge in [-0.1, -0.05) is 42.5 Å². The normalized spacial score (nSPS) is 11.1. The van der Waals surface area contributed by atoms with Crippen LogP contribution in [0.2, 0.25) is 0 Å². The Labute approximate surface area is 216 Å². The Morgan fingerprint density at radius 1 is 1.05 bits per heavy atom. The number of fused-ring (bicyclic) bond motifs is 1. The number of H-pyrrole nitrogens is 1. The van der Waals surface area contributed by atoms with Crippen molar-refractivity contribution in [2.45, 2.75) is 13.3 Å². The highest BCUT2D eigenvalue weighted by molar-refractivity contribution is 7.15. The molecule has 0 unspecified atom stereocenters. The lowest BCUT2D eigenvalue weighted by Crippen LogP contribution is -2.14. The molecule has 182 valence electrons. The molecule has 0 aliphatic rings. The molecule has 9 nitrogen and oxygen atoms in total.